The fraction of sp³-hybridized carbons (Fsp3) is 0.233. The van der Waals surface area contributed by atoms with Crippen molar-refractivity contribution >= 4 is 23.4 Å². The molecule has 0 aliphatic rings. The van der Waals surface area contributed by atoms with Gasteiger partial charge in [0.2, 0.25) is 5.91 Å². The van der Waals surface area contributed by atoms with Crippen molar-refractivity contribution in [2.75, 3.05) is 26.0 Å². The maximum absolute atomic E-state index is 13.5. The minimum absolute atomic E-state index is 0.0710. The molecular formula is C30H38N4O4. The molecule has 0 aromatic heterocycles. The molecule has 0 radical (unpaired) electrons. The summed E-state index contributed by atoms with van der Waals surface area (Å²) >= 11 is 0. The predicted octanol–water partition coefficient (Wildman–Crippen LogP) is 4.84. The number of allylic oxidation sites excluding steroid dienone is 2. The van der Waals surface area contributed by atoms with Gasteiger partial charge >= 0.3 is 0 Å². The zero-order chi connectivity index (χ0) is 28.7. The highest BCUT2D eigenvalue weighted by Crippen LogP contribution is 2.28. The number of amides is 3. The molecule has 0 saturated heterocycles. The van der Waals surface area contributed by atoms with Crippen LogP contribution in [0.15, 0.2) is 97.4 Å². The van der Waals surface area contributed by atoms with E-state index >= 15 is 0 Å². The van der Waals surface area contributed by atoms with Crippen molar-refractivity contribution in [1.29, 1.82) is 0 Å². The Morgan fingerprint density at radius 2 is 1.66 bits per heavy atom. The normalized spacial score (nSPS) is 10.9. The lowest BCUT2D eigenvalue weighted by Crippen LogP contribution is -2.39. The average molecular weight is 519 g/mol. The summed E-state index contributed by atoms with van der Waals surface area (Å²) in [4.78, 5) is 40.7. The second kappa shape index (κ2) is 16.2. The van der Waals surface area contributed by atoms with E-state index in [0.29, 0.717) is 0 Å². The third kappa shape index (κ3) is 9.13. The molecule has 0 bridgehead atoms. The molecule has 0 unspecified atom stereocenters. The van der Waals surface area contributed by atoms with Crippen LogP contribution >= 0.6 is 0 Å². The molecule has 0 heterocycles. The molecule has 2 rings (SSSR count). The van der Waals surface area contributed by atoms with E-state index in [1.54, 1.807) is 44.5 Å². The number of carbonyl (C=O) groups is 3. The molecule has 0 atom stereocenters. The van der Waals surface area contributed by atoms with Crippen molar-refractivity contribution in [2.45, 2.75) is 27.3 Å². The summed E-state index contributed by atoms with van der Waals surface area (Å²) < 4.78 is 0. The second-order valence-electron chi connectivity index (χ2n) is 8.03. The fourth-order valence-electron chi connectivity index (χ4n) is 3.20. The third-order valence-electron chi connectivity index (χ3n) is 5.16. The Morgan fingerprint density at radius 3 is 2.21 bits per heavy atom. The van der Waals surface area contributed by atoms with Crippen LogP contribution in [0.3, 0.4) is 0 Å². The largest absolute Gasteiger partial charge is 0.505 e. The molecule has 38 heavy (non-hydrogen) atoms. The number of aromatic hydroxyl groups is 1. The molecule has 202 valence electrons. The molecule has 0 aliphatic carbocycles. The van der Waals surface area contributed by atoms with E-state index in [2.05, 4.69) is 23.8 Å². The van der Waals surface area contributed by atoms with Crippen LogP contribution in [0, 0.1) is 0 Å². The first-order valence-corrected chi connectivity index (χ1v) is 12.2. The van der Waals surface area contributed by atoms with E-state index in [1.807, 2.05) is 44.2 Å². The number of imide groups is 1. The number of nitrogens with zero attached hydrogens (tertiary/aromatic N) is 2. The van der Waals surface area contributed by atoms with Crippen molar-refractivity contribution in [1.82, 2.24) is 15.1 Å². The maximum atomic E-state index is 13.5. The molecule has 8 nitrogen and oxygen atoms in total. The minimum atomic E-state index is -0.569. The Balaban J connectivity index is 0.00000352. The van der Waals surface area contributed by atoms with Crippen molar-refractivity contribution in [3.05, 3.63) is 109 Å². The van der Waals surface area contributed by atoms with Crippen LogP contribution in [0.4, 0.5) is 5.69 Å². The molecule has 0 fully saturated rings. The molecule has 8 heteroatoms. The van der Waals surface area contributed by atoms with Crippen LogP contribution in [-0.2, 0) is 16.1 Å². The zero-order valence-corrected chi connectivity index (χ0v) is 22.8. The Labute approximate surface area is 225 Å². The van der Waals surface area contributed by atoms with E-state index in [0.717, 1.165) is 16.0 Å². The monoisotopic (exact) mass is 518 g/mol. The minimum Gasteiger partial charge on any atom is -0.505 e. The first-order valence-electron chi connectivity index (χ1n) is 12.2. The van der Waals surface area contributed by atoms with Gasteiger partial charge < -0.3 is 20.6 Å². The molecule has 0 saturated carbocycles. The van der Waals surface area contributed by atoms with Gasteiger partial charge in [0, 0.05) is 33.8 Å². The van der Waals surface area contributed by atoms with Crippen molar-refractivity contribution in [3.8, 4) is 5.75 Å². The topological polar surface area (TPSA) is 102 Å². The van der Waals surface area contributed by atoms with E-state index in [-0.39, 0.29) is 41.7 Å². The molecular weight excluding hydrogens is 480 g/mol. The smallest absolute Gasteiger partial charge is 0.278 e. The highest BCUT2D eigenvalue weighted by molar-refractivity contribution is 6.03. The van der Waals surface area contributed by atoms with Gasteiger partial charge in [0.25, 0.3) is 11.8 Å². The number of benzene rings is 2. The number of carbonyl (C=O) groups excluding carboxylic acids is 3. The number of phenolic OH excluding ortho intramolecular Hbond substituents is 1. The third-order valence-corrected chi connectivity index (χ3v) is 5.16. The van der Waals surface area contributed by atoms with Gasteiger partial charge in [-0.15, -0.1) is 0 Å². The van der Waals surface area contributed by atoms with Crippen molar-refractivity contribution < 1.29 is 19.5 Å². The maximum Gasteiger partial charge on any atom is 0.278 e. The summed E-state index contributed by atoms with van der Waals surface area (Å²) in [6.45, 7) is 13.1. The standard InChI is InChI=1S/C28H32N4O4.C2H6/c1-6-12-21(7-2)17-29-25(28(36)32(20(3)33)19-22-13-9-8-10-14-22)18-30-24-16-11-15-23(26(24)34)27(35)31(4)5;1-2/h6-16,18,29-30,34H,1-2,17,19H2,3-5H3;1-2H3/b21-12+,25-18-;. The lowest BCUT2D eigenvalue weighted by atomic mass is 10.1. The summed E-state index contributed by atoms with van der Waals surface area (Å²) in [6.07, 6.45) is 6.32. The zero-order valence-electron chi connectivity index (χ0n) is 22.8. The predicted molar refractivity (Wildman–Crippen MR) is 153 cm³/mol. The van der Waals surface area contributed by atoms with Gasteiger partial charge in [-0.1, -0.05) is 81.6 Å². The number of rotatable bonds is 11. The van der Waals surface area contributed by atoms with Crippen LogP contribution in [0.2, 0.25) is 0 Å². The first kappa shape index (κ1) is 31.4. The van der Waals surface area contributed by atoms with Crippen molar-refractivity contribution in [2.24, 2.45) is 0 Å². The number of phenols is 1. The first-order chi connectivity index (χ1) is 18.2. The highest BCUT2D eigenvalue weighted by atomic mass is 16.3. The van der Waals surface area contributed by atoms with Crippen LogP contribution in [-0.4, -0.2) is 53.3 Å². The quantitative estimate of drug-likeness (QED) is 0.224. The van der Waals surface area contributed by atoms with Gasteiger partial charge in [0.05, 0.1) is 17.8 Å². The fourth-order valence-corrected chi connectivity index (χ4v) is 3.20. The Kier molecular flexibility index (Phi) is 13.4. The molecule has 0 aliphatic heterocycles. The Hall–Kier alpha value is -4.59. The summed E-state index contributed by atoms with van der Waals surface area (Å²) in [5, 5.41) is 16.6. The Bertz CT molecular complexity index is 1180. The van der Waals surface area contributed by atoms with E-state index in [4.69, 9.17) is 0 Å². The number of hydrogen-bond donors (Lipinski definition) is 3. The SMILES string of the molecule is C=C/C=C(\C=C)CN/C(=C\Nc1cccc(C(=O)N(C)C)c1O)C(=O)N(Cc1ccccc1)C(C)=O.CC. The lowest BCUT2D eigenvalue weighted by molar-refractivity contribution is -0.142. The summed E-state index contributed by atoms with van der Waals surface area (Å²) in [5.74, 6) is -1.62. The molecule has 3 N–H and O–H groups in total. The van der Waals surface area contributed by atoms with E-state index in [1.165, 1.54) is 24.1 Å². The number of para-hydroxylation sites is 1. The molecule has 2 aromatic carbocycles. The lowest BCUT2D eigenvalue weighted by Gasteiger charge is -2.22. The Morgan fingerprint density at radius 1 is 1.00 bits per heavy atom. The van der Waals surface area contributed by atoms with Crippen LogP contribution < -0.4 is 10.6 Å². The van der Waals surface area contributed by atoms with Gasteiger partial charge in [0.15, 0.2) is 5.75 Å². The van der Waals surface area contributed by atoms with Crippen LogP contribution in [0.25, 0.3) is 0 Å². The van der Waals surface area contributed by atoms with Gasteiger partial charge in [-0.25, -0.2) is 0 Å². The number of anilines is 1. The van der Waals surface area contributed by atoms with Gasteiger partial charge in [-0.3, -0.25) is 19.3 Å². The van der Waals surface area contributed by atoms with Crippen molar-refractivity contribution in [3.63, 3.8) is 0 Å². The van der Waals surface area contributed by atoms with E-state index in [9.17, 15) is 19.5 Å². The van der Waals surface area contributed by atoms with Crippen LogP contribution in [0.5, 0.6) is 5.75 Å². The average Bonchev–Trinajstić information content (AvgIpc) is 2.92. The summed E-state index contributed by atoms with van der Waals surface area (Å²) in [7, 11) is 3.17. The van der Waals surface area contributed by atoms with Gasteiger partial charge in [-0.05, 0) is 23.3 Å². The second-order valence-corrected chi connectivity index (χ2v) is 8.03. The summed E-state index contributed by atoms with van der Waals surface area (Å²) in [5.41, 5.74) is 1.96. The molecule has 3 amide bonds. The van der Waals surface area contributed by atoms with Gasteiger partial charge in [-0.2, -0.15) is 0 Å². The highest BCUT2D eigenvalue weighted by Gasteiger charge is 2.23. The summed E-state index contributed by atoms with van der Waals surface area (Å²) in [6, 6.07) is 13.8. The number of nitrogens with one attached hydrogen (secondary N) is 2. The van der Waals surface area contributed by atoms with Crippen LogP contribution in [0.1, 0.15) is 36.7 Å². The molecule has 0 spiro atoms. The van der Waals surface area contributed by atoms with E-state index < -0.39 is 11.8 Å². The van der Waals surface area contributed by atoms with Gasteiger partial charge in [0.1, 0.15) is 5.70 Å². The number of hydrogen-bond acceptors (Lipinski definition) is 6. The molecule has 2 aromatic rings.